The van der Waals surface area contributed by atoms with E-state index >= 15 is 0 Å². The zero-order valence-electron chi connectivity index (χ0n) is 13.3. The van der Waals surface area contributed by atoms with Crippen molar-refractivity contribution in [3.8, 4) is 5.75 Å². The number of carboxylic acids is 1. The molecule has 0 spiro atoms. The molecule has 22 heavy (non-hydrogen) atoms. The van der Waals surface area contributed by atoms with E-state index in [9.17, 15) is 4.79 Å². The molecule has 1 aromatic carbocycles. The monoisotopic (exact) mass is 307 g/mol. The first-order chi connectivity index (χ1) is 10.5. The van der Waals surface area contributed by atoms with Gasteiger partial charge in [-0.1, -0.05) is 26.0 Å². The molecule has 1 N–H and O–H groups in total. The molecule has 0 radical (unpaired) electrons. The van der Waals surface area contributed by atoms with Crippen LogP contribution in [0.1, 0.15) is 25.8 Å². The predicted octanol–water partition coefficient (Wildman–Crippen LogP) is 2.40. The Balaban J connectivity index is 1.83. The lowest BCUT2D eigenvalue weighted by atomic mass is 10.0. The fourth-order valence-corrected chi connectivity index (χ4v) is 2.69. The van der Waals surface area contributed by atoms with Crippen molar-refractivity contribution < 1.29 is 19.4 Å². The third-order valence-electron chi connectivity index (χ3n) is 3.65. The van der Waals surface area contributed by atoms with Crippen LogP contribution in [0.25, 0.3) is 0 Å². The second-order valence-corrected chi connectivity index (χ2v) is 6.18. The van der Waals surface area contributed by atoms with Crippen molar-refractivity contribution in [2.75, 3.05) is 26.3 Å². The number of benzene rings is 1. The smallest absolute Gasteiger partial charge is 0.341 e. The topological polar surface area (TPSA) is 59.0 Å². The summed E-state index contributed by atoms with van der Waals surface area (Å²) in [6, 6.07) is 7.63. The van der Waals surface area contributed by atoms with Crippen LogP contribution in [-0.2, 0) is 16.1 Å². The highest BCUT2D eigenvalue weighted by Crippen LogP contribution is 2.18. The first-order valence-electron chi connectivity index (χ1n) is 7.80. The first kappa shape index (κ1) is 16.8. The maximum absolute atomic E-state index is 10.5. The number of ether oxygens (including phenoxy) is 2. The summed E-state index contributed by atoms with van der Waals surface area (Å²) < 4.78 is 11.0. The van der Waals surface area contributed by atoms with Crippen LogP contribution >= 0.6 is 0 Å². The van der Waals surface area contributed by atoms with E-state index in [1.807, 2.05) is 24.3 Å². The summed E-state index contributed by atoms with van der Waals surface area (Å²) in [5.41, 5.74) is 1.20. The largest absolute Gasteiger partial charge is 0.482 e. The third kappa shape index (κ3) is 5.66. The number of nitrogens with zero attached hydrogens (tertiary/aromatic N) is 1. The van der Waals surface area contributed by atoms with Crippen molar-refractivity contribution >= 4 is 5.97 Å². The second-order valence-electron chi connectivity index (χ2n) is 6.18. The lowest BCUT2D eigenvalue weighted by Gasteiger charge is -2.33. The molecule has 0 aromatic heterocycles. The Morgan fingerprint density at radius 3 is 2.77 bits per heavy atom. The van der Waals surface area contributed by atoms with Crippen LogP contribution < -0.4 is 4.74 Å². The molecule has 0 amide bonds. The molecule has 0 saturated carbocycles. The normalized spacial score (nSPS) is 19.3. The molecule has 5 nitrogen and oxygen atoms in total. The van der Waals surface area contributed by atoms with Gasteiger partial charge >= 0.3 is 5.97 Å². The van der Waals surface area contributed by atoms with Crippen LogP contribution in [0.5, 0.6) is 5.75 Å². The van der Waals surface area contributed by atoms with Gasteiger partial charge in [0.1, 0.15) is 5.75 Å². The standard InChI is InChI=1S/C17H25NO4/c1-13(2)9-16-11-18(7-8-21-16)10-14-3-5-15(6-4-14)22-12-17(19)20/h3-6,13,16H,7-12H2,1-2H3,(H,19,20)/t16-/m0/s1. The highest BCUT2D eigenvalue weighted by Gasteiger charge is 2.21. The number of morpholine rings is 1. The van der Waals surface area contributed by atoms with Gasteiger partial charge in [-0.05, 0) is 30.0 Å². The first-order valence-corrected chi connectivity index (χ1v) is 7.80. The van der Waals surface area contributed by atoms with Gasteiger partial charge in [0.05, 0.1) is 12.7 Å². The van der Waals surface area contributed by atoms with Gasteiger partial charge in [0.15, 0.2) is 6.61 Å². The van der Waals surface area contributed by atoms with E-state index in [1.165, 1.54) is 5.56 Å². The summed E-state index contributed by atoms with van der Waals surface area (Å²) >= 11 is 0. The van der Waals surface area contributed by atoms with Crippen molar-refractivity contribution in [1.82, 2.24) is 4.90 Å². The lowest BCUT2D eigenvalue weighted by molar-refractivity contribution is -0.139. The zero-order chi connectivity index (χ0) is 15.9. The molecule has 1 aromatic rings. The molecule has 0 aliphatic carbocycles. The summed E-state index contributed by atoms with van der Waals surface area (Å²) in [5, 5.41) is 8.59. The van der Waals surface area contributed by atoms with Gasteiger partial charge in [-0.2, -0.15) is 0 Å². The molecule has 122 valence electrons. The Morgan fingerprint density at radius 2 is 2.14 bits per heavy atom. The van der Waals surface area contributed by atoms with E-state index in [-0.39, 0.29) is 6.61 Å². The molecule has 2 rings (SSSR count). The Bertz CT molecular complexity index is 472. The summed E-state index contributed by atoms with van der Waals surface area (Å²) in [6.45, 7) is 7.73. The number of carbonyl (C=O) groups is 1. The molecule has 1 atom stereocenters. The molecule has 0 unspecified atom stereocenters. The van der Waals surface area contributed by atoms with E-state index in [0.717, 1.165) is 32.7 Å². The van der Waals surface area contributed by atoms with Crippen molar-refractivity contribution in [3.63, 3.8) is 0 Å². The molecule has 1 heterocycles. The minimum absolute atomic E-state index is 0.306. The van der Waals surface area contributed by atoms with E-state index in [2.05, 4.69) is 18.7 Å². The Labute approximate surface area is 131 Å². The molecular weight excluding hydrogens is 282 g/mol. The second kappa shape index (κ2) is 8.15. The third-order valence-corrected chi connectivity index (χ3v) is 3.65. The van der Waals surface area contributed by atoms with Crippen molar-refractivity contribution in [2.45, 2.75) is 32.9 Å². The molecule has 1 aliphatic rings. The van der Waals surface area contributed by atoms with Crippen LogP contribution in [0.15, 0.2) is 24.3 Å². The van der Waals surface area contributed by atoms with E-state index in [0.29, 0.717) is 17.8 Å². The van der Waals surface area contributed by atoms with Crippen LogP contribution in [0.2, 0.25) is 0 Å². The number of hydrogen-bond donors (Lipinski definition) is 1. The molecular formula is C17H25NO4. The summed E-state index contributed by atoms with van der Waals surface area (Å²) in [7, 11) is 0. The molecule has 0 bridgehead atoms. The van der Waals surface area contributed by atoms with Gasteiger partial charge in [-0.25, -0.2) is 4.79 Å². The molecule has 1 aliphatic heterocycles. The number of carboxylic acid groups (broad SMARTS) is 1. The van der Waals surface area contributed by atoms with E-state index in [1.54, 1.807) is 0 Å². The molecule has 5 heteroatoms. The van der Waals surface area contributed by atoms with E-state index in [4.69, 9.17) is 14.6 Å². The van der Waals surface area contributed by atoms with Gasteiger partial charge < -0.3 is 14.6 Å². The predicted molar refractivity (Wildman–Crippen MR) is 84.0 cm³/mol. The molecule has 1 fully saturated rings. The Kier molecular flexibility index (Phi) is 6.21. The van der Waals surface area contributed by atoms with Gasteiger partial charge in [0.25, 0.3) is 0 Å². The number of rotatable bonds is 7. The summed E-state index contributed by atoms with van der Waals surface area (Å²) in [5.74, 6) is 0.273. The lowest BCUT2D eigenvalue weighted by Crippen LogP contribution is -2.42. The van der Waals surface area contributed by atoms with Gasteiger partial charge in [-0.3, -0.25) is 4.90 Å². The quantitative estimate of drug-likeness (QED) is 0.838. The van der Waals surface area contributed by atoms with Gasteiger partial charge in [-0.15, -0.1) is 0 Å². The maximum atomic E-state index is 10.5. The van der Waals surface area contributed by atoms with Gasteiger partial charge in [0, 0.05) is 19.6 Å². The average Bonchev–Trinajstić information content (AvgIpc) is 2.46. The zero-order valence-corrected chi connectivity index (χ0v) is 13.3. The summed E-state index contributed by atoms with van der Waals surface area (Å²) in [4.78, 5) is 12.9. The fourth-order valence-electron chi connectivity index (χ4n) is 2.69. The van der Waals surface area contributed by atoms with Crippen LogP contribution in [0, 0.1) is 5.92 Å². The minimum atomic E-state index is -0.964. The van der Waals surface area contributed by atoms with Crippen LogP contribution in [0.3, 0.4) is 0 Å². The number of hydrogen-bond acceptors (Lipinski definition) is 4. The van der Waals surface area contributed by atoms with Crippen molar-refractivity contribution in [1.29, 1.82) is 0 Å². The van der Waals surface area contributed by atoms with Crippen LogP contribution in [0.4, 0.5) is 0 Å². The van der Waals surface area contributed by atoms with E-state index < -0.39 is 5.97 Å². The van der Waals surface area contributed by atoms with Crippen molar-refractivity contribution in [3.05, 3.63) is 29.8 Å². The Morgan fingerprint density at radius 1 is 1.41 bits per heavy atom. The summed E-state index contributed by atoms with van der Waals surface area (Å²) in [6.07, 6.45) is 1.42. The SMILES string of the molecule is CC(C)C[C@H]1CN(Cc2ccc(OCC(=O)O)cc2)CCO1. The Hall–Kier alpha value is -1.59. The maximum Gasteiger partial charge on any atom is 0.341 e. The fraction of sp³-hybridized carbons (Fsp3) is 0.588. The minimum Gasteiger partial charge on any atom is -0.482 e. The number of aliphatic carboxylic acids is 1. The van der Waals surface area contributed by atoms with Gasteiger partial charge in [0.2, 0.25) is 0 Å². The molecule has 1 saturated heterocycles. The van der Waals surface area contributed by atoms with Crippen molar-refractivity contribution in [2.24, 2.45) is 5.92 Å². The average molecular weight is 307 g/mol. The highest BCUT2D eigenvalue weighted by molar-refractivity contribution is 5.68. The van der Waals surface area contributed by atoms with Crippen LogP contribution in [-0.4, -0.2) is 48.4 Å². The highest BCUT2D eigenvalue weighted by atomic mass is 16.5.